The predicted molar refractivity (Wildman–Crippen MR) is 76.1 cm³/mol. The average molecular weight is 271 g/mol. The maximum atomic E-state index is 9.37. The van der Waals surface area contributed by atoms with Crippen molar-refractivity contribution in [1.82, 2.24) is 0 Å². The molecule has 0 fully saturated rings. The molecule has 1 rings (SSSR count). The van der Waals surface area contributed by atoms with Gasteiger partial charge >= 0.3 is 0 Å². The van der Waals surface area contributed by atoms with Crippen LogP contribution in [-0.4, -0.2) is 24.9 Å². The van der Waals surface area contributed by atoms with Crippen molar-refractivity contribution >= 4 is 11.6 Å². The number of benzene rings is 1. The molecule has 0 saturated carbocycles. The van der Waals surface area contributed by atoms with Gasteiger partial charge in [0.15, 0.2) is 0 Å². The van der Waals surface area contributed by atoms with Crippen molar-refractivity contribution in [3.8, 4) is 0 Å². The molecule has 0 aliphatic rings. The number of hydrogen-bond acceptors (Lipinski definition) is 2. The molecule has 1 aromatic rings. The molecular weight excluding hydrogens is 248 g/mol. The second kappa shape index (κ2) is 9.37. The number of aliphatic hydroxyl groups is 1. The molecule has 0 aliphatic carbocycles. The maximum Gasteiger partial charge on any atom is 0.0469 e. The smallest absolute Gasteiger partial charge is 0.0469 e. The van der Waals surface area contributed by atoms with E-state index in [4.69, 9.17) is 16.3 Å². The minimum atomic E-state index is 0.198. The second-order valence-electron chi connectivity index (χ2n) is 4.64. The van der Waals surface area contributed by atoms with Gasteiger partial charge in [-0.1, -0.05) is 37.1 Å². The molecule has 0 spiro atoms. The lowest BCUT2D eigenvalue weighted by Gasteiger charge is -2.14. The SMILES string of the molecule is CCCCOCCC(CO)Cc1cccc(Cl)c1. The van der Waals surface area contributed by atoms with E-state index < -0.39 is 0 Å². The molecule has 18 heavy (non-hydrogen) atoms. The molecule has 0 aromatic heterocycles. The highest BCUT2D eigenvalue weighted by atomic mass is 35.5. The van der Waals surface area contributed by atoms with E-state index in [1.54, 1.807) is 0 Å². The fourth-order valence-corrected chi connectivity index (χ4v) is 2.07. The van der Waals surface area contributed by atoms with E-state index in [1.807, 2.05) is 24.3 Å². The van der Waals surface area contributed by atoms with Crippen molar-refractivity contribution < 1.29 is 9.84 Å². The maximum absolute atomic E-state index is 9.37. The first-order valence-electron chi connectivity index (χ1n) is 6.69. The minimum absolute atomic E-state index is 0.198. The topological polar surface area (TPSA) is 29.5 Å². The van der Waals surface area contributed by atoms with Crippen LogP contribution in [0.25, 0.3) is 0 Å². The molecule has 2 nitrogen and oxygen atoms in total. The van der Waals surface area contributed by atoms with Gasteiger partial charge in [-0.25, -0.2) is 0 Å². The zero-order valence-electron chi connectivity index (χ0n) is 11.1. The normalized spacial score (nSPS) is 12.6. The highest BCUT2D eigenvalue weighted by Gasteiger charge is 2.08. The van der Waals surface area contributed by atoms with E-state index >= 15 is 0 Å². The molecule has 1 atom stereocenters. The Morgan fingerprint density at radius 2 is 2.17 bits per heavy atom. The van der Waals surface area contributed by atoms with Crippen molar-refractivity contribution in [3.63, 3.8) is 0 Å². The first kappa shape index (κ1) is 15.5. The lowest BCUT2D eigenvalue weighted by atomic mass is 9.97. The summed E-state index contributed by atoms with van der Waals surface area (Å²) < 4.78 is 5.53. The Labute approximate surface area is 115 Å². The number of unbranched alkanes of at least 4 members (excludes halogenated alkanes) is 1. The van der Waals surface area contributed by atoms with E-state index in [-0.39, 0.29) is 12.5 Å². The molecule has 0 bridgehead atoms. The Balaban J connectivity index is 2.28. The zero-order chi connectivity index (χ0) is 13.2. The van der Waals surface area contributed by atoms with Gasteiger partial charge in [-0.2, -0.15) is 0 Å². The Morgan fingerprint density at radius 1 is 1.33 bits per heavy atom. The van der Waals surface area contributed by atoms with Gasteiger partial charge in [0.05, 0.1) is 0 Å². The van der Waals surface area contributed by atoms with E-state index in [9.17, 15) is 5.11 Å². The zero-order valence-corrected chi connectivity index (χ0v) is 11.8. The molecule has 0 aliphatic heterocycles. The number of halogens is 1. The van der Waals surface area contributed by atoms with Gasteiger partial charge in [0.1, 0.15) is 0 Å². The average Bonchev–Trinajstić information content (AvgIpc) is 2.37. The van der Waals surface area contributed by atoms with Crippen molar-refractivity contribution in [2.75, 3.05) is 19.8 Å². The van der Waals surface area contributed by atoms with Crippen molar-refractivity contribution in [3.05, 3.63) is 34.9 Å². The highest BCUT2D eigenvalue weighted by Crippen LogP contribution is 2.16. The van der Waals surface area contributed by atoms with Crippen molar-refractivity contribution in [1.29, 1.82) is 0 Å². The van der Waals surface area contributed by atoms with E-state index in [0.29, 0.717) is 0 Å². The van der Waals surface area contributed by atoms with Crippen LogP contribution >= 0.6 is 11.6 Å². The van der Waals surface area contributed by atoms with Crippen molar-refractivity contribution in [2.24, 2.45) is 5.92 Å². The summed E-state index contributed by atoms with van der Waals surface area (Å²) in [7, 11) is 0. The molecule has 102 valence electrons. The lowest BCUT2D eigenvalue weighted by molar-refractivity contribution is 0.104. The number of ether oxygens (including phenoxy) is 1. The molecule has 0 radical (unpaired) electrons. The number of aliphatic hydroxyl groups excluding tert-OH is 1. The molecule has 0 amide bonds. The lowest BCUT2D eigenvalue weighted by Crippen LogP contribution is -2.13. The van der Waals surface area contributed by atoms with Crippen LogP contribution in [0.5, 0.6) is 0 Å². The molecule has 1 N–H and O–H groups in total. The first-order chi connectivity index (χ1) is 8.76. The van der Waals surface area contributed by atoms with Crippen LogP contribution in [0.2, 0.25) is 5.02 Å². The Hall–Kier alpha value is -0.570. The minimum Gasteiger partial charge on any atom is -0.396 e. The number of rotatable bonds is 9. The fourth-order valence-electron chi connectivity index (χ4n) is 1.85. The Bertz CT molecular complexity index is 328. The summed E-state index contributed by atoms with van der Waals surface area (Å²) in [5.74, 6) is 0.255. The first-order valence-corrected chi connectivity index (χ1v) is 7.07. The predicted octanol–water partition coefficient (Wildman–Crippen LogP) is 3.70. The van der Waals surface area contributed by atoms with Crippen LogP contribution < -0.4 is 0 Å². The summed E-state index contributed by atoms with van der Waals surface area (Å²) >= 11 is 5.95. The molecule has 3 heteroatoms. The summed E-state index contributed by atoms with van der Waals surface area (Å²) in [5, 5.41) is 10.1. The Morgan fingerprint density at radius 3 is 2.83 bits per heavy atom. The molecular formula is C15H23ClO2. The second-order valence-corrected chi connectivity index (χ2v) is 5.07. The van der Waals surface area contributed by atoms with Crippen LogP contribution in [0.3, 0.4) is 0 Å². The van der Waals surface area contributed by atoms with Crippen LogP contribution in [0, 0.1) is 5.92 Å². The van der Waals surface area contributed by atoms with Gasteiger partial charge in [0, 0.05) is 24.8 Å². The van der Waals surface area contributed by atoms with Gasteiger partial charge in [-0.05, 0) is 42.9 Å². The summed E-state index contributed by atoms with van der Waals surface area (Å²) in [5.41, 5.74) is 1.18. The fraction of sp³-hybridized carbons (Fsp3) is 0.600. The van der Waals surface area contributed by atoms with Gasteiger partial charge < -0.3 is 9.84 Å². The van der Waals surface area contributed by atoms with Gasteiger partial charge in [0.25, 0.3) is 0 Å². The number of hydrogen-bond donors (Lipinski definition) is 1. The molecule has 0 heterocycles. The highest BCUT2D eigenvalue weighted by molar-refractivity contribution is 6.30. The largest absolute Gasteiger partial charge is 0.396 e. The molecule has 1 unspecified atom stereocenters. The van der Waals surface area contributed by atoms with E-state index in [0.717, 1.165) is 43.9 Å². The monoisotopic (exact) mass is 270 g/mol. The Kier molecular flexibility index (Phi) is 8.06. The van der Waals surface area contributed by atoms with Crippen molar-refractivity contribution in [2.45, 2.75) is 32.6 Å². The van der Waals surface area contributed by atoms with Gasteiger partial charge in [-0.3, -0.25) is 0 Å². The van der Waals surface area contributed by atoms with Crippen LogP contribution in [-0.2, 0) is 11.2 Å². The molecule has 0 saturated heterocycles. The third-order valence-electron chi connectivity index (χ3n) is 2.98. The summed E-state index contributed by atoms with van der Waals surface area (Å²) in [4.78, 5) is 0. The summed E-state index contributed by atoms with van der Waals surface area (Å²) in [6.45, 7) is 3.90. The third kappa shape index (κ3) is 6.39. The van der Waals surface area contributed by atoms with Crippen LogP contribution in [0.15, 0.2) is 24.3 Å². The van der Waals surface area contributed by atoms with E-state index in [1.165, 1.54) is 5.56 Å². The van der Waals surface area contributed by atoms with Crippen LogP contribution in [0.4, 0.5) is 0 Å². The summed E-state index contributed by atoms with van der Waals surface area (Å²) in [6.07, 6.45) is 4.02. The van der Waals surface area contributed by atoms with E-state index in [2.05, 4.69) is 6.92 Å². The van der Waals surface area contributed by atoms with Gasteiger partial charge in [-0.15, -0.1) is 0 Å². The quantitative estimate of drug-likeness (QED) is 0.694. The van der Waals surface area contributed by atoms with Crippen LogP contribution in [0.1, 0.15) is 31.7 Å². The summed E-state index contributed by atoms with van der Waals surface area (Å²) in [6, 6.07) is 7.82. The molecule has 1 aromatic carbocycles. The van der Waals surface area contributed by atoms with Gasteiger partial charge in [0.2, 0.25) is 0 Å². The standard InChI is InChI=1S/C15H23ClO2/c1-2-3-8-18-9-7-14(12-17)10-13-5-4-6-15(16)11-13/h4-6,11,14,17H,2-3,7-10,12H2,1H3. The third-order valence-corrected chi connectivity index (χ3v) is 3.22.